The van der Waals surface area contributed by atoms with Gasteiger partial charge in [-0.2, -0.15) is 0 Å². The molecule has 1 aromatic carbocycles. The van der Waals surface area contributed by atoms with Gasteiger partial charge in [-0.25, -0.2) is 9.37 Å². The van der Waals surface area contributed by atoms with Crippen molar-refractivity contribution in [1.29, 1.82) is 0 Å². The van der Waals surface area contributed by atoms with Crippen molar-refractivity contribution in [2.45, 2.75) is 12.5 Å². The lowest BCUT2D eigenvalue weighted by atomic mass is 10.1. The Bertz CT molecular complexity index is 562. The van der Waals surface area contributed by atoms with Gasteiger partial charge in [-0.05, 0) is 18.2 Å². The third-order valence-electron chi connectivity index (χ3n) is 2.67. The zero-order valence-corrected chi connectivity index (χ0v) is 12.6. The monoisotopic (exact) mass is 315 g/mol. The SMILES string of the molecule is COCCOCc1cc(-c2nc(CCl)cs2)ccc1F. The molecule has 2 aromatic rings. The maximum atomic E-state index is 13.7. The van der Waals surface area contributed by atoms with Crippen molar-refractivity contribution in [3.05, 3.63) is 40.7 Å². The van der Waals surface area contributed by atoms with Crippen LogP contribution in [0.25, 0.3) is 10.6 Å². The van der Waals surface area contributed by atoms with Crippen molar-refractivity contribution in [3.8, 4) is 10.6 Å². The molecule has 0 aliphatic heterocycles. The van der Waals surface area contributed by atoms with Gasteiger partial charge in [0.25, 0.3) is 0 Å². The molecule has 0 aliphatic carbocycles. The zero-order chi connectivity index (χ0) is 14.4. The highest BCUT2D eigenvalue weighted by Crippen LogP contribution is 2.26. The molecule has 1 heterocycles. The van der Waals surface area contributed by atoms with Crippen molar-refractivity contribution in [2.24, 2.45) is 0 Å². The number of alkyl halides is 1. The van der Waals surface area contributed by atoms with Gasteiger partial charge in [0.05, 0.1) is 31.4 Å². The molecule has 0 N–H and O–H groups in total. The van der Waals surface area contributed by atoms with Crippen LogP contribution in [0.3, 0.4) is 0 Å². The van der Waals surface area contributed by atoms with Gasteiger partial charge < -0.3 is 9.47 Å². The number of nitrogens with zero attached hydrogens (tertiary/aromatic N) is 1. The van der Waals surface area contributed by atoms with Crippen LogP contribution < -0.4 is 0 Å². The molecule has 20 heavy (non-hydrogen) atoms. The van der Waals surface area contributed by atoms with Gasteiger partial charge >= 0.3 is 0 Å². The summed E-state index contributed by atoms with van der Waals surface area (Å²) in [5.74, 6) is 0.102. The average molecular weight is 316 g/mol. The van der Waals surface area contributed by atoms with E-state index >= 15 is 0 Å². The van der Waals surface area contributed by atoms with E-state index < -0.39 is 0 Å². The van der Waals surface area contributed by atoms with Crippen molar-refractivity contribution >= 4 is 22.9 Å². The molecule has 6 heteroatoms. The first-order chi connectivity index (χ1) is 9.74. The van der Waals surface area contributed by atoms with E-state index in [-0.39, 0.29) is 12.4 Å². The van der Waals surface area contributed by atoms with Crippen LogP contribution in [0.15, 0.2) is 23.6 Å². The Hall–Kier alpha value is -1.01. The molecular formula is C14H15ClFNO2S. The summed E-state index contributed by atoms with van der Waals surface area (Å²) in [6, 6.07) is 4.91. The number of ether oxygens (including phenoxy) is 2. The van der Waals surface area contributed by atoms with Crippen molar-refractivity contribution in [2.75, 3.05) is 20.3 Å². The molecule has 2 rings (SSSR count). The van der Waals surface area contributed by atoms with Gasteiger partial charge in [0.2, 0.25) is 0 Å². The normalized spacial score (nSPS) is 10.9. The molecule has 0 fully saturated rings. The summed E-state index contributed by atoms with van der Waals surface area (Å²) in [6.45, 7) is 1.15. The number of aromatic nitrogens is 1. The van der Waals surface area contributed by atoms with Gasteiger partial charge in [0.15, 0.2) is 0 Å². The fourth-order valence-electron chi connectivity index (χ4n) is 1.64. The minimum atomic E-state index is -0.278. The van der Waals surface area contributed by atoms with Crippen LogP contribution in [-0.2, 0) is 22.0 Å². The third kappa shape index (κ3) is 3.99. The highest BCUT2D eigenvalue weighted by molar-refractivity contribution is 7.13. The Morgan fingerprint density at radius 3 is 2.90 bits per heavy atom. The molecule has 0 saturated heterocycles. The van der Waals surface area contributed by atoms with E-state index in [9.17, 15) is 4.39 Å². The maximum absolute atomic E-state index is 13.7. The van der Waals surface area contributed by atoms with Gasteiger partial charge in [-0.15, -0.1) is 22.9 Å². The molecule has 0 bridgehead atoms. The first kappa shape index (κ1) is 15.4. The molecular weight excluding hydrogens is 301 g/mol. The van der Waals surface area contributed by atoms with Crippen LogP contribution in [0.4, 0.5) is 4.39 Å². The summed E-state index contributed by atoms with van der Waals surface area (Å²) in [5, 5.41) is 2.74. The van der Waals surface area contributed by atoms with Crippen LogP contribution in [0.2, 0.25) is 0 Å². The summed E-state index contributed by atoms with van der Waals surface area (Å²) < 4.78 is 24.0. The zero-order valence-electron chi connectivity index (χ0n) is 11.1. The van der Waals surface area contributed by atoms with E-state index in [1.54, 1.807) is 19.2 Å². The summed E-state index contributed by atoms with van der Waals surface area (Å²) in [5.41, 5.74) is 2.22. The highest BCUT2D eigenvalue weighted by Gasteiger charge is 2.08. The molecule has 0 amide bonds. The van der Waals surface area contributed by atoms with Crippen molar-refractivity contribution in [1.82, 2.24) is 4.98 Å². The molecule has 108 valence electrons. The van der Waals surface area contributed by atoms with Crippen molar-refractivity contribution in [3.63, 3.8) is 0 Å². The Labute approximate surface area is 126 Å². The lowest BCUT2D eigenvalue weighted by Gasteiger charge is -2.06. The largest absolute Gasteiger partial charge is 0.382 e. The Morgan fingerprint density at radius 1 is 1.35 bits per heavy atom. The van der Waals surface area contributed by atoms with Crippen LogP contribution in [0.5, 0.6) is 0 Å². The number of methoxy groups -OCH3 is 1. The molecule has 1 aromatic heterocycles. The lowest BCUT2D eigenvalue weighted by molar-refractivity contribution is 0.0604. The second-order valence-corrected chi connectivity index (χ2v) is 5.25. The summed E-state index contributed by atoms with van der Waals surface area (Å²) in [4.78, 5) is 4.38. The fraction of sp³-hybridized carbons (Fsp3) is 0.357. The molecule has 0 unspecified atom stereocenters. The fourth-order valence-corrected chi connectivity index (χ4v) is 2.69. The number of rotatable bonds is 7. The van der Waals surface area contributed by atoms with E-state index in [4.69, 9.17) is 21.1 Å². The number of benzene rings is 1. The molecule has 0 atom stereocenters. The predicted octanol–water partition coefficient (Wildman–Crippen LogP) is 3.85. The van der Waals surface area contributed by atoms with E-state index in [0.29, 0.717) is 24.7 Å². The second-order valence-electron chi connectivity index (χ2n) is 4.13. The Morgan fingerprint density at radius 2 is 2.20 bits per heavy atom. The minimum absolute atomic E-state index is 0.219. The Balaban J connectivity index is 2.11. The standard InChI is InChI=1S/C14H15ClFNO2S/c1-18-4-5-19-8-11-6-10(2-3-13(11)16)14-17-12(7-15)9-20-14/h2-3,6,9H,4-5,7-8H2,1H3. The van der Waals surface area contributed by atoms with Crippen molar-refractivity contribution < 1.29 is 13.9 Å². The van der Waals surface area contributed by atoms with Gasteiger partial charge in [0.1, 0.15) is 10.8 Å². The average Bonchev–Trinajstić information content (AvgIpc) is 2.94. The first-order valence-corrected chi connectivity index (χ1v) is 7.52. The topological polar surface area (TPSA) is 31.4 Å². The molecule has 0 aliphatic rings. The molecule has 0 radical (unpaired) electrons. The Kier molecular flexibility index (Phi) is 5.91. The smallest absolute Gasteiger partial charge is 0.128 e. The summed E-state index contributed by atoms with van der Waals surface area (Å²) >= 11 is 7.23. The van der Waals surface area contributed by atoms with Gasteiger partial charge in [-0.3, -0.25) is 0 Å². The quantitative estimate of drug-likeness (QED) is 0.574. The van der Waals surface area contributed by atoms with E-state index in [1.807, 2.05) is 5.38 Å². The lowest BCUT2D eigenvalue weighted by Crippen LogP contribution is -2.03. The van der Waals surface area contributed by atoms with Crippen LogP contribution in [0.1, 0.15) is 11.3 Å². The molecule has 3 nitrogen and oxygen atoms in total. The maximum Gasteiger partial charge on any atom is 0.128 e. The van der Waals surface area contributed by atoms with Gasteiger partial charge in [0, 0.05) is 23.6 Å². The number of halogens is 2. The van der Waals surface area contributed by atoms with Crippen LogP contribution in [0, 0.1) is 5.82 Å². The van der Waals surface area contributed by atoms with Crippen LogP contribution in [-0.4, -0.2) is 25.3 Å². The second kappa shape index (κ2) is 7.69. The minimum Gasteiger partial charge on any atom is -0.382 e. The molecule has 0 spiro atoms. The molecule has 0 saturated carbocycles. The summed E-state index contributed by atoms with van der Waals surface area (Å²) in [6.07, 6.45) is 0. The van der Waals surface area contributed by atoms with E-state index in [2.05, 4.69) is 4.98 Å². The van der Waals surface area contributed by atoms with Crippen LogP contribution >= 0.6 is 22.9 Å². The number of thiazole rings is 1. The van der Waals surface area contributed by atoms with E-state index in [0.717, 1.165) is 16.3 Å². The summed E-state index contributed by atoms with van der Waals surface area (Å²) in [7, 11) is 1.60. The number of hydrogen-bond donors (Lipinski definition) is 0. The number of hydrogen-bond acceptors (Lipinski definition) is 4. The first-order valence-electron chi connectivity index (χ1n) is 6.10. The van der Waals surface area contributed by atoms with E-state index in [1.165, 1.54) is 17.4 Å². The van der Waals surface area contributed by atoms with Gasteiger partial charge in [-0.1, -0.05) is 0 Å². The predicted molar refractivity (Wildman–Crippen MR) is 78.6 cm³/mol. The highest BCUT2D eigenvalue weighted by atomic mass is 35.5. The third-order valence-corrected chi connectivity index (χ3v) is 3.88.